The van der Waals surface area contributed by atoms with Gasteiger partial charge in [-0.1, -0.05) is 32.9 Å². The molecule has 0 bridgehead atoms. The summed E-state index contributed by atoms with van der Waals surface area (Å²) in [6.07, 6.45) is 0. The number of nitrogens with one attached hydrogen (secondary N) is 2. The highest BCUT2D eigenvalue weighted by atomic mass is 32.1. The number of nitrogens with zero attached hydrogens (tertiary/aromatic N) is 2. The van der Waals surface area contributed by atoms with E-state index in [1.807, 2.05) is 13.8 Å². The zero-order valence-corrected chi connectivity index (χ0v) is 14.3. The predicted molar refractivity (Wildman–Crippen MR) is 86.0 cm³/mol. The summed E-state index contributed by atoms with van der Waals surface area (Å²) in [5.74, 6) is 0.872. The highest BCUT2D eigenvalue weighted by Crippen LogP contribution is 2.21. The van der Waals surface area contributed by atoms with E-state index >= 15 is 0 Å². The Balaban J connectivity index is 2.73. The molecule has 1 aromatic heterocycles. The van der Waals surface area contributed by atoms with Crippen LogP contribution in [0.5, 0.6) is 0 Å². The number of aryl methyl sites for hydroxylation is 1. The van der Waals surface area contributed by atoms with E-state index in [0.29, 0.717) is 28.0 Å². The first-order valence-electron chi connectivity index (χ1n) is 7.02. The number of thiocarbonyl (C=S) groups is 1. The van der Waals surface area contributed by atoms with Gasteiger partial charge >= 0.3 is 0 Å². The first-order chi connectivity index (χ1) is 9.73. The zero-order valence-electron chi connectivity index (χ0n) is 13.5. The molecular weight excluding hydrogens is 288 g/mol. The maximum absolute atomic E-state index is 12.4. The number of amides is 1. The molecule has 118 valence electrons. The Labute approximate surface area is 131 Å². The largest absolute Gasteiger partial charge is 0.361 e. The van der Waals surface area contributed by atoms with Gasteiger partial charge in [-0.05, 0) is 25.1 Å². The van der Waals surface area contributed by atoms with Gasteiger partial charge < -0.3 is 9.84 Å². The van der Waals surface area contributed by atoms with Crippen LogP contribution in [0.3, 0.4) is 0 Å². The summed E-state index contributed by atoms with van der Waals surface area (Å²) in [4.78, 5) is 12.4. The maximum Gasteiger partial charge on any atom is 0.275 e. The second-order valence-electron chi connectivity index (χ2n) is 5.74. The van der Waals surface area contributed by atoms with Crippen LogP contribution in [-0.4, -0.2) is 34.8 Å². The molecule has 7 heteroatoms. The molecule has 21 heavy (non-hydrogen) atoms. The Bertz CT molecular complexity index is 511. The van der Waals surface area contributed by atoms with Crippen molar-refractivity contribution in [1.29, 1.82) is 0 Å². The van der Waals surface area contributed by atoms with E-state index in [9.17, 15) is 4.79 Å². The highest BCUT2D eigenvalue weighted by Gasteiger charge is 2.23. The number of hydrogen-bond donors (Lipinski definition) is 2. The van der Waals surface area contributed by atoms with Gasteiger partial charge in [-0.25, -0.2) is 0 Å². The van der Waals surface area contributed by atoms with Gasteiger partial charge in [0.25, 0.3) is 5.91 Å². The molecule has 0 radical (unpaired) electrons. The molecule has 1 amide bonds. The van der Waals surface area contributed by atoms with E-state index in [4.69, 9.17) is 16.7 Å². The highest BCUT2D eigenvalue weighted by molar-refractivity contribution is 7.80. The Morgan fingerprint density at radius 2 is 2.00 bits per heavy atom. The summed E-state index contributed by atoms with van der Waals surface area (Å²) < 4.78 is 5.22. The molecule has 6 nitrogen and oxygen atoms in total. The number of aromatic nitrogens is 1. The Morgan fingerprint density at radius 1 is 1.38 bits per heavy atom. The molecule has 0 saturated carbocycles. The third-order valence-corrected chi connectivity index (χ3v) is 3.29. The van der Waals surface area contributed by atoms with Crippen molar-refractivity contribution in [2.45, 2.75) is 40.5 Å². The molecule has 1 rings (SSSR count). The minimum absolute atomic E-state index is 0.0864. The molecule has 0 aliphatic rings. The van der Waals surface area contributed by atoms with E-state index in [0.717, 1.165) is 6.54 Å². The van der Waals surface area contributed by atoms with Crippen molar-refractivity contribution in [1.82, 2.24) is 20.9 Å². The number of hydrazine groups is 1. The van der Waals surface area contributed by atoms with Crippen LogP contribution in [0, 0.1) is 12.8 Å². The molecule has 1 aromatic rings. The van der Waals surface area contributed by atoms with E-state index in [1.165, 1.54) is 5.01 Å². The second kappa shape index (κ2) is 7.40. The van der Waals surface area contributed by atoms with Crippen molar-refractivity contribution in [2.75, 3.05) is 13.6 Å². The van der Waals surface area contributed by atoms with Gasteiger partial charge in [-0.3, -0.25) is 15.2 Å². The Kier molecular flexibility index (Phi) is 6.14. The summed E-state index contributed by atoms with van der Waals surface area (Å²) in [5.41, 5.74) is 3.78. The van der Waals surface area contributed by atoms with Crippen LogP contribution in [0.15, 0.2) is 4.52 Å². The fourth-order valence-electron chi connectivity index (χ4n) is 1.73. The average molecular weight is 312 g/mol. The third kappa shape index (κ3) is 4.70. The summed E-state index contributed by atoms with van der Waals surface area (Å²) in [6, 6.07) is 0. The average Bonchev–Trinajstić information content (AvgIpc) is 2.77. The minimum atomic E-state index is -0.270. The van der Waals surface area contributed by atoms with Crippen molar-refractivity contribution in [3.63, 3.8) is 0 Å². The monoisotopic (exact) mass is 312 g/mol. The van der Waals surface area contributed by atoms with Crippen LogP contribution in [0.4, 0.5) is 0 Å². The smallest absolute Gasteiger partial charge is 0.275 e. The van der Waals surface area contributed by atoms with Crippen LogP contribution in [0.1, 0.15) is 55.4 Å². The standard InChI is InChI=1S/C14H24N4O2S/c1-8(2)7-15-14(21)18(6)16-13(19)11-10(5)17-20-12(11)9(3)4/h8-9H,7H2,1-6H3,(H,15,21)(H,16,19). The van der Waals surface area contributed by atoms with Gasteiger partial charge in [-0.2, -0.15) is 0 Å². The number of carbonyl (C=O) groups excluding carboxylic acids is 1. The Morgan fingerprint density at radius 3 is 2.52 bits per heavy atom. The first-order valence-corrected chi connectivity index (χ1v) is 7.43. The lowest BCUT2D eigenvalue weighted by molar-refractivity contribution is 0.0883. The Hall–Kier alpha value is -1.63. The molecule has 2 N–H and O–H groups in total. The first kappa shape index (κ1) is 17.4. The van der Waals surface area contributed by atoms with Crippen LogP contribution in [0.25, 0.3) is 0 Å². The summed E-state index contributed by atoms with van der Waals surface area (Å²) >= 11 is 5.22. The van der Waals surface area contributed by atoms with Gasteiger partial charge in [0.1, 0.15) is 5.56 Å². The molecule has 0 saturated heterocycles. The van der Waals surface area contributed by atoms with Gasteiger partial charge in [0, 0.05) is 19.5 Å². The van der Waals surface area contributed by atoms with Gasteiger partial charge in [0.15, 0.2) is 10.9 Å². The molecule has 0 aromatic carbocycles. The molecule has 0 atom stereocenters. The molecule has 0 fully saturated rings. The lowest BCUT2D eigenvalue weighted by Gasteiger charge is -2.22. The van der Waals surface area contributed by atoms with E-state index in [-0.39, 0.29) is 11.8 Å². The van der Waals surface area contributed by atoms with Crippen LogP contribution in [-0.2, 0) is 0 Å². The lowest BCUT2D eigenvalue weighted by Crippen LogP contribution is -2.48. The molecule has 0 unspecified atom stereocenters. The summed E-state index contributed by atoms with van der Waals surface area (Å²) in [5, 5.41) is 8.92. The van der Waals surface area contributed by atoms with E-state index < -0.39 is 0 Å². The summed E-state index contributed by atoms with van der Waals surface area (Å²) in [7, 11) is 1.70. The zero-order chi connectivity index (χ0) is 16.2. The lowest BCUT2D eigenvalue weighted by atomic mass is 10.0. The molecule has 0 spiro atoms. The van der Waals surface area contributed by atoms with Crippen LogP contribution in [0.2, 0.25) is 0 Å². The van der Waals surface area contributed by atoms with Gasteiger partial charge in [-0.15, -0.1) is 0 Å². The third-order valence-electron chi connectivity index (χ3n) is 2.88. The fourth-order valence-corrected chi connectivity index (χ4v) is 1.86. The molecular formula is C14H24N4O2S. The summed E-state index contributed by atoms with van der Waals surface area (Å²) in [6.45, 7) is 10.6. The second-order valence-corrected chi connectivity index (χ2v) is 6.13. The molecule has 0 aliphatic carbocycles. The molecule has 1 heterocycles. The number of hydrogen-bond acceptors (Lipinski definition) is 4. The SMILES string of the molecule is Cc1noc(C(C)C)c1C(=O)NN(C)C(=S)NCC(C)C. The van der Waals surface area contributed by atoms with Crippen LogP contribution >= 0.6 is 12.2 Å². The van der Waals surface area contributed by atoms with Crippen molar-refractivity contribution in [2.24, 2.45) is 5.92 Å². The van der Waals surface area contributed by atoms with Crippen molar-refractivity contribution < 1.29 is 9.32 Å². The van der Waals surface area contributed by atoms with Crippen molar-refractivity contribution >= 4 is 23.2 Å². The molecule has 0 aliphatic heterocycles. The van der Waals surface area contributed by atoms with Crippen molar-refractivity contribution in [3.05, 3.63) is 17.0 Å². The van der Waals surface area contributed by atoms with E-state index in [2.05, 4.69) is 29.7 Å². The minimum Gasteiger partial charge on any atom is -0.361 e. The maximum atomic E-state index is 12.4. The van der Waals surface area contributed by atoms with E-state index in [1.54, 1.807) is 14.0 Å². The van der Waals surface area contributed by atoms with Crippen molar-refractivity contribution in [3.8, 4) is 0 Å². The normalized spacial score (nSPS) is 10.9. The van der Waals surface area contributed by atoms with Crippen LogP contribution < -0.4 is 10.7 Å². The fraction of sp³-hybridized carbons (Fsp3) is 0.643. The number of rotatable bonds is 4. The number of carbonyl (C=O) groups is 1. The predicted octanol–water partition coefficient (Wildman–Crippen LogP) is 2.21. The topological polar surface area (TPSA) is 70.4 Å². The van der Waals surface area contributed by atoms with Gasteiger partial charge in [0.05, 0.1) is 5.69 Å². The quantitative estimate of drug-likeness (QED) is 0.656. The van der Waals surface area contributed by atoms with Gasteiger partial charge in [0.2, 0.25) is 0 Å².